The Morgan fingerprint density at radius 3 is 2.29 bits per heavy atom. The summed E-state index contributed by atoms with van der Waals surface area (Å²) >= 11 is 0. The van der Waals surface area contributed by atoms with E-state index in [-0.39, 0.29) is 5.75 Å². The summed E-state index contributed by atoms with van der Waals surface area (Å²) in [4.78, 5) is 4.49. The van der Waals surface area contributed by atoms with Crippen LogP contribution < -0.4 is 0 Å². The Labute approximate surface area is 122 Å². The number of imidazole rings is 1. The van der Waals surface area contributed by atoms with Crippen LogP contribution in [0.3, 0.4) is 0 Å². The average molecular weight is 280 g/mol. The molecule has 0 saturated heterocycles. The highest BCUT2D eigenvalue weighted by Gasteiger charge is 2.18. The molecular weight excluding hydrogens is 264 g/mol. The number of aromatic nitrogens is 2. The van der Waals surface area contributed by atoms with Gasteiger partial charge in [0.2, 0.25) is 0 Å². The summed E-state index contributed by atoms with van der Waals surface area (Å²) in [6, 6.07) is 14.8. The lowest BCUT2D eigenvalue weighted by Gasteiger charge is -2.03. The van der Waals surface area contributed by atoms with Gasteiger partial charge in [-0.15, -0.1) is 0 Å². The molecule has 2 N–H and O–H groups in total. The van der Waals surface area contributed by atoms with Crippen LogP contribution in [0, 0.1) is 13.8 Å². The first-order valence-corrected chi connectivity index (χ1v) is 6.72. The zero-order chi connectivity index (χ0) is 15.0. The lowest BCUT2D eigenvalue weighted by molar-refractivity contribution is 0.184. The lowest BCUT2D eigenvalue weighted by Crippen LogP contribution is -1.96. The van der Waals surface area contributed by atoms with Crippen molar-refractivity contribution < 1.29 is 10.3 Å². The van der Waals surface area contributed by atoms with Crippen LogP contribution in [-0.2, 0) is 0 Å². The van der Waals surface area contributed by atoms with Crippen molar-refractivity contribution in [2.45, 2.75) is 13.8 Å². The first-order valence-electron chi connectivity index (χ1n) is 6.72. The van der Waals surface area contributed by atoms with Crippen molar-refractivity contribution in [2.75, 3.05) is 0 Å². The molecule has 0 fully saturated rings. The van der Waals surface area contributed by atoms with E-state index >= 15 is 0 Å². The molecule has 3 aromatic rings. The van der Waals surface area contributed by atoms with Gasteiger partial charge in [-0.05, 0) is 26.0 Å². The molecule has 0 atom stereocenters. The first kappa shape index (κ1) is 13.2. The zero-order valence-corrected chi connectivity index (χ0v) is 11.9. The van der Waals surface area contributed by atoms with E-state index in [0.29, 0.717) is 22.8 Å². The minimum absolute atomic E-state index is 0.0910. The van der Waals surface area contributed by atoms with Crippen molar-refractivity contribution in [3.63, 3.8) is 0 Å². The van der Waals surface area contributed by atoms with Gasteiger partial charge in [-0.1, -0.05) is 42.0 Å². The molecule has 0 aliphatic carbocycles. The third-order valence-electron chi connectivity index (χ3n) is 3.55. The van der Waals surface area contributed by atoms with Gasteiger partial charge in [0.15, 0.2) is 5.82 Å². The third kappa shape index (κ3) is 2.25. The van der Waals surface area contributed by atoms with Crippen molar-refractivity contribution in [3.05, 3.63) is 59.8 Å². The van der Waals surface area contributed by atoms with Crippen molar-refractivity contribution >= 4 is 0 Å². The summed E-state index contributed by atoms with van der Waals surface area (Å²) in [6.45, 7) is 3.82. The monoisotopic (exact) mass is 280 g/mol. The second kappa shape index (κ2) is 4.98. The molecule has 1 aromatic heterocycles. The Morgan fingerprint density at radius 2 is 1.62 bits per heavy atom. The number of aryl methyl sites for hydroxylation is 1. The molecule has 4 heteroatoms. The number of aromatic hydroxyl groups is 1. The minimum Gasteiger partial charge on any atom is -0.507 e. The summed E-state index contributed by atoms with van der Waals surface area (Å²) in [5.41, 5.74) is 3.94. The molecule has 0 bridgehead atoms. The quantitative estimate of drug-likeness (QED) is 0.702. The minimum atomic E-state index is 0.0910. The van der Waals surface area contributed by atoms with Gasteiger partial charge in [-0.25, -0.2) is 4.98 Å². The molecule has 0 saturated carbocycles. The van der Waals surface area contributed by atoms with Crippen LogP contribution in [0.4, 0.5) is 0 Å². The van der Waals surface area contributed by atoms with E-state index in [1.54, 1.807) is 31.2 Å². The summed E-state index contributed by atoms with van der Waals surface area (Å²) in [6.07, 6.45) is 0. The maximum atomic E-state index is 10.3. The molecule has 0 aliphatic rings. The number of rotatable bonds is 2. The van der Waals surface area contributed by atoms with Gasteiger partial charge in [0.25, 0.3) is 0 Å². The predicted octanol–water partition coefficient (Wildman–Crippen LogP) is 3.78. The maximum absolute atomic E-state index is 10.3. The summed E-state index contributed by atoms with van der Waals surface area (Å²) in [7, 11) is 0. The van der Waals surface area contributed by atoms with Gasteiger partial charge in [-0.3, -0.25) is 0 Å². The highest BCUT2D eigenvalue weighted by molar-refractivity contribution is 5.70. The van der Waals surface area contributed by atoms with Gasteiger partial charge in [-0.2, -0.15) is 4.73 Å². The topological polar surface area (TPSA) is 58.3 Å². The molecule has 0 spiro atoms. The van der Waals surface area contributed by atoms with E-state index in [2.05, 4.69) is 4.98 Å². The average Bonchev–Trinajstić information content (AvgIpc) is 2.77. The van der Waals surface area contributed by atoms with Crippen LogP contribution in [0.5, 0.6) is 5.75 Å². The molecule has 106 valence electrons. The van der Waals surface area contributed by atoms with Crippen LogP contribution in [-0.4, -0.2) is 20.0 Å². The van der Waals surface area contributed by atoms with Crippen molar-refractivity contribution in [2.24, 2.45) is 0 Å². The Balaban J connectivity index is 2.16. The number of benzene rings is 2. The van der Waals surface area contributed by atoms with Gasteiger partial charge >= 0.3 is 0 Å². The second-order valence-corrected chi connectivity index (χ2v) is 5.06. The largest absolute Gasteiger partial charge is 0.507 e. The molecule has 0 amide bonds. The van der Waals surface area contributed by atoms with Crippen LogP contribution in [0.15, 0.2) is 48.5 Å². The van der Waals surface area contributed by atoms with E-state index < -0.39 is 0 Å². The van der Waals surface area contributed by atoms with E-state index in [9.17, 15) is 10.3 Å². The highest BCUT2D eigenvalue weighted by atomic mass is 16.5. The first-order chi connectivity index (χ1) is 10.1. The number of phenolic OH excluding ortho intramolecular Hbond substituents is 1. The molecule has 3 rings (SSSR count). The smallest absolute Gasteiger partial charge is 0.179 e. The SMILES string of the molecule is Cc1ccc(-c2nc(-c3ccccc3O)n(O)c2C)cc1. The van der Waals surface area contributed by atoms with Gasteiger partial charge in [0.1, 0.15) is 5.75 Å². The molecular formula is C17H16N2O2. The molecule has 2 aromatic carbocycles. The summed E-state index contributed by atoms with van der Waals surface area (Å²) < 4.78 is 1.02. The van der Waals surface area contributed by atoms with Crippen molar-refractivity contribution in [1.29, 1.82) is 0 Å². The fourth-order valence-corrected chi connectivity index (χ4v) is 2.32. The molecule has 0 radical (unpaired) electrons. The summed E-state index contributed by atoms with van der Waals surface area (Å²) in [5.74, 6) is 0.425. The third-order valence-corrected chi connectivity index (χ3v) is 3.55. The Bertz CT molecular complexity index is 789. The van der Waals surface area contributed by atoms with E-state index in [1.807, 2.05) is 31.2 Å². The molecule has 0 aliphatic heterocycles. The molecule has 0 unspecified atom stereocenters. The van der Waals surface area contributed by atoms with Crippen molar-refractivity contribution in [3.8, 4) is 28.4 Å². The Hall–Kier alpha value is -2.75. The lowest BCUT2D eigenvalue weighted by atomic mass is 10.1. The van der Waals surface area contributed by atoms with Crippen LogP contribution in [0.1, 0.15) is 11.3 Å². The normalized spacial score (nSPS) is 10.8. The van der Waals surface area contributed by atoms with Gasteiger partial charge < -0.3 is 10.3 Å². The van der Waals surface area contributed by atoms with E-state index in [4.69, 9.17) is 0 Å². The standard InChI is InChI=1S/C17H16N2O2/c1-11-7-9-13(10-8-11)16-12(2)19(21)17(18-16)14-5-3-4-6-15(14)20/h3-10,20-21H,1-2H3. The molecule has 21 heavy (non-hydrogen) atoms. The number of hydrogen-bond acceptors (Lipinski definition) is 3. The molecule has 4 nitrogen and oxygen atoms in total. The van der Waals surface area contributed by atoms with Crippen molar-refractivity contribution in [1.82, 2.24) is 9.71 Å². The zero-order valence-electron chi connectivity index (χ0n) is 11.9. The fraction of sp³-hybridized carbons (Fsp3) is 0.118. The number of nitrogens with zero attached hydrogens (tertiary/aromatic N) is 2. The van der Waals surface area contributed by atoms with Crippen LogP contribution >= 0.6 is 0 Å². The van der Waals surface area contributed by atoms with Crippen LogP contribution in [0.2, 0.25) is 0 Å². The van der Waals surface area contributed by atoms with Gasteiger partial charge in [0.05, 0.1) is 17.0 Å². The molecule has 1 heterocycles. The summed E-state index contributed by atoms with van der Waals surface area (Å²) in [5, 5.41) is 20.2. The highest BCUT2D eigenvalue weighted by Crippen LogP contribution is 2.32. The Kier molecular flexibility index (Phi) is 3.14. The fourth-order valence-electron chi connectivity index (χ4n) is 2.32. The van der Waals surface area contributed by atoms with E-state index in [0.717, 1.165) is 10.3 Å². The number of para-hydroxylation sites is 1. The Morgan fingerprint density at radius 1 is 0.952 bits per heavy atom. The van der Waals surface area contributed by atoms with Gasteiger partial charge in [0, 0.05) is 5.56 Å². The number of phenols is 1. The maximum Gasteiger partial charge on any atom is 0.179 e. The van der Waals surface area contributed by atoms with E-state index in [1.165, 1.54) is 5.56 Å². The number of hydrogen-bond donors (Lipinski definition) is 2. The second-order valence-electron chi connectivity index (χ2n) is 5.06. The predicted molar refractivity (Wildman–Crippen MR) is 81.4 cm³/mol. The van der Waals surface area contributed by atoms with Crippen LogP contribution in [0.25, 0.3) is 22.6 Å².